The molecular formula is C16H28N4O. The van der Waals surface area contributed by atoms with Crippen LogP contribution in [0.2, 0.25) is 0 Å². The molecule has 1 heterocycles. The van der Waals surface area contributed by atoms with Crippen molar-refractivity contribution in [2.24, 2.45) is 10.4 Å². The van der Waals surface area contributed by atoms with E-state index in [1.807, 2.05) is 26.1 Å². The molecule has 21 heavy (non-hydrogen) atoms. The lowest BCUT2D eigenvalue weighted by Gasteiger charge is -2.18. The molecule has 0 atom stereocenters. The molecule has 0 amide bonds. The molecule has 1 fully saturated rings. The monoisotopic (exact) mass is 292 g/mol. The zero-order chi connectivity index (χ0) is 15.0. The van der Waals surface area contributed by atoms with E-state index in [4.69, 9.17) is 4.74 Å². The SMILES string of the molecule is CCOCCC1(CNC(=NC)NCCn2cccc2)CC1. The fourth-order valence-electron chi connectivity index (χ4n) is 2.44. The van der Waals surface area contributed by atoms with Crippen LogP contribution in [0.1, 0.15) is 26.2 Å². The zero-order valence-electron chi connectivity index (χ0n) is 13.3. The summed E-state index contributed by atoms with van der Waals surface area (Å²) in [5.74, 6) is 0.893. The second kappa shape index (κ2) is 8.08. The van der Waals surface area contributed by atoms with Gasteiger partial charge in [0, 0.05) is 52.3 Å². The normalized spacial score (nSPS) is 16.8. The quantitative estimate of drug-likeness (QED) is 0.415. The molecule has 0 unspecified atom stereocenters. The summed E-state index contributed by atoms with van der Waals surface area (Å²) in [6, 6.07) is 4.09. The van der Waals surface area contributed by atoms with Crippen LogP contribution in [0.15, 0.2) is 29.5 Å². The Morgan fingerprint density at radius 2 is 2.05 bits per heavy atom. The largest absolute Gasteiger partial charge is 0.382 e. The van der Waals surface area contributed by atoms with Crippen molar-refractivity contribution in [2.45, 2.75) is 32.7 Å². The molecule has 0 spiro atoms. The van der Waals surface area contributed by atoms with Crippen LogP contribution in [0.4, 0.5) is 0 Å². The molecule has 1 aromatic rings. The Balaban J connectivity index is 1.63. The Kier molecular flexibility index (Phi) is 6.11. The lowest BCUT2D eigenvalue weighted by molar-refractivity contribution is 0.128. The van der Waals surface area contributed by atoms with Crippen molar-refractivity contribution in [2.75, 3.05) is 33.4 Å². The number of ether oxygens (including phenoxy) is 1. The van der Waals surface area contributed by atoms with Crippen molar-refractivity contribution in [1.82, 2.24) is 15.2 Å². The lowest BCUT2D eigenvalue weighted by atomic mass is 10.0. The van der Waals surface area contributed by atoms with Gasteiger partial charge in [-0.15, -0.1) is 0 Å². The van der Waals surface area contributed by atoms with E-state index in [-0.39, 0.29) is 0 Å². The van der Waals surface area contributed by atoms with E-state index < -0.39 is 0 Å². The predicted molar refractivity (Wildman–Crippen MR) is 86.6 cm³/mol. The molecule has 0 radical (unpaired) electrons. The standard InChI is InChI=1S/C16H28N4O/c1-3-21-13-8-16(6-7-16)14-19-15(17-2)18-9-12-20-10-4-5-11-20/h4-5,10-11H,3,6-9,12-14H2,1-2H3,(H2,17,18,19). The Bertz CT molecular complexity index is 423. The van der Waals surface area contributed by atoms with Crippen molar-refractivity contribution in [3.8, 4) is 0 Å². The number of nitrogens with zero attached hydrogens (tertiary/aromatic N) is 2. The van der Waals surface area contributed by atoms with Crippen LogP contribution in [0.5, 0.6) is 0 Å². The Labute approximate surface area is 127 Å². The summed E-state index contributed by atoms with van der Waals surface area (Å²) in [6.45, 7) is 6.55. The van der Waals surface area contributed by atoms with Crippen molar-refractivity contribution in [3.05, 3.63) is 24.5 Å². The van der Waals surface area contributed by atoms with E-state index in [0.29, 0.717) is 5.41 Å². The molecule has 0 aliphatic heterocycles. The summed E-state index contributed by atoms with van der Waals surface area (Å²) in [7, 11) is 1.82. The molecule has 5 nitrogen and oxygen atoms in total. The van der Waals surface area contributed by atoms with Crippen molar-refractivity contribution < 1.29 is 4.74 Å². The van der Waals surface area contributed by atoms with Gasteiger partial charge < -0.3 is 19.9 Å². The minimum Gasteiger partial charge on any atom is -0.382 e. The molecule has 2 N–H and O–H groups in total. The van der Waals surface area contributed by atoms with Crippen LogP contribution in [-0.2, 0) is 11.3 Å². The maximum Gasteiger partial charge on any atom is 0.191 e. The second-order valence-corrected chi connectivity index (χ2v) is 5.72. The van der Waals surface area contributed by atoms with Crippen molar-refractivity contribution in [3.63, 3.8) is 0 Å². The van der Waals surface area contributed by atoms with Crippen molar-refractivity contribution >= 4 is 5.96 Å². The minimum atomic E-state index is 0.438. The van der Waals surface area contributed by atoms with E-state index in [2.05, 4.69) is 32.6 Å². The van der Waals surface area contributed by atoms with Gasteiger partial charge in [-0.1, -0.05) is 0 Å². The van der Waals surface area contributed by atoms with E-state index in [1.54, 1.807) is 0 Å². The highest BCUT2D eigenvalue weighted by molar-refractivity contribution is 5.79. The smallest absolute Gasteiger partial charge is 0.191 e. The summed E-state index contributed by atoms with van der Waals surface area (Å²) >= 11 is 0. The fraction of sp³-hybridized carbons (Fsp3) is 0.688. The molecule has 5 heteroatoms. The maximum absolute atomic E-state index is 5.47. The van der Waals surface area contributed by atoms with E-state index in [1.165, 1.54) is 12.8 Å². The molecule has 118 valence electrons. The Morgan fingerprint density at radius 3 is 2.67 bits per heavy atom. The molecule has 2 rings (SSSR count). The number of hydrogen-bond donors (Lipinski definition) is 2. The summed E-state index contributed by atoms with van der Waals surface area (Å²) in [4.78, 5) is 4.29. The highest BCUT2D eigenvalue weighted by Gasteiger charge is 2.41. The first-order valence-electron chi connectivity index (χ1n) is 7.91. The van der Waals surface area contributed by atoms with Crippen molar-refractivity contribution in [1.29, 1.82) is 0 Å². The number of nitrogens with one attached hydrogen (secondary N) is 2. The summed E-state index contributed by atoms with van der Waals surface area (Å²) in [6.07, 6.45) is 7.89. The second-order valence-electron chi connectivity index (χ2n) is 5.72. The van der Waals surface area contributed by atoms with E-state index >= 15 is 0 Å². The molecular weight excluding hydrogens is 264 g/mol. The van der Waals surface area contributed by atoms with Gasteiger partial charge in [0.1, 0.15) is 0 Å². The van der Waals surface area contributed by atoms with Gasteiger partial charge in [-0.3, -0.25) is 4.99 Å². The third-order valence-electron chi connectivity index (χ3n) is 4.12. The van der Waals surface area contributed by atoms with Gasteiger partial charge in [0.25, 0.3) is 0 Å². The topological polar surface area (TPSA) is 50.6 Å². The lowest BCUT2D eigenvalue weighted by Crippen LogP contribution is -2.41. The Morgan fingerprint density at radius 1 is 1.29 bits per heavy atom. The van der Waals surface area contributed by atoms with Gasteiger partial charge in [0.15, 0.2) is 5.96 Å². The summed E-state index contributed by atoms with van der Waals surface area (Å²) in [5.41, 5.74) is 0.438. The van der Waals surface area contributed by atoms with Crippen LogP contribution in [-0.4, -0.2) is 43.9 Å². The van der Waals surface area contributed by atoms with Gasteiger partial charge in [-0.2, -0.15) is 0 Å². The van der Waals surface area contributed by atoms with Gasteiger partial charge >= 0.3 is 0 Å². The van der Waals surface area contributed by atoms with E-state index in [9.17, 15) is 0 Å². The predicted octanol–water partition coefficient (Wildman–Crippen LogP) is 1.86. The first-order valence-corrected chi connectivity index (χ1v) is 7.91. The van der Waals surface area contributed by atoms with Crippen LogP contribution < -0.4 is 10.6 Å². The molecule has 1 saturated carbocycles. The molecule has 1 aliphatic rings. The minimum absolute atomic E-state index is 0.438. The highest BCUT2D eigenvalue weighted by atomic mass is 16.5. The van der Waals surface area contributed by atoms with Gasteiger partial charge in [0.05, 0.1) is 0 Å². The Hall–Kier alpha value is -1.49. The van der Waals surface area contributed by atoms with Crippen LogP contribution in [0, 0.1) is 5.41 Å². The fourth-order valence-corrected chi connectivity index (χ4v) is 2.44. The first kappa shape index (κ1) is 15.9. The van der Waals surface area contributed by atoms with Gasteiger partial charge in [0.2, 0.25) is 0 Å². The zero-order valence-corrected chi connectivity index (χ0v) is 13.3. The highest BCUT2D eigenvalue weighted by Crippen LogP contribution is 2.48. The molecule has 1 aliphatic carbocycles. The number of hydrogen-bond acceptors (Lipinski definition) is 2. The van der Waals surface area contributed by atoms with Crippen LogP contribution in [0.3, 0.4) is 0 Å². The van der Waals surface area contributed by atoms with E-state index in [0.717, 1.165) is 45.2 Å². The third-order valence-corrected chi connectivity index (χ3v) is 4.12. The average Bonchev–Trinajstić information content (AvgIpc) is 3.07. The van der Waals surface area contributed by atoms with Crippen LogP contribution >= 0.6 is 0 Å². The number of rotatable bonds is 9. The van der Waals surface area contributed by atoms with Crippen LogP contribution in [0.25, 0.3) is 0 Å². The van der Waals surface area contributed by atoms with Gasteiger partial charge in [-0.05, 0) is 43.7 Å². The first-order chi connectivity index (χ1) is 10.3. The third kappa shape index (κ3) is 5.42. The molecule has 0 bridgehead atoms. The average molecular weight is 292 g/mol. The molecule has 1 aromatic heterocycles. The maximum atomic E-state index is 5.47. The summed E-state index contributed by atoms with van der Waals surface area (Å²) in [5, 5.41) is 6.82. The number of guanidine groups is 1. The molecule has 0 saturated heterocycles. The van der Waals surface area contributed by atoms with Gasteiger partial charge in [-0.25, -0.2) is 0 Å². The number of aliphatic imine (C=N–C) groups is 1. The molecule has 0 aromatic carbocycles. The summed E-state index contributed by atoms with van der Waals surface area (Å²) < 4.78 is 7.63. The number of aromatic nitrogens is 1.